The second-order valence-electron chi connectivity index (χ2n) is 7.44. The molecule has 1 atom stereocenters. The van der Waals surface area contributed by atoms with Gasteiger partial charge in [0.05, 0.1) is 11.4 Å². The Morgan fingerprint density at radius 2 is 2.03 bits per heavy atom. The van der Waals surface area contributed by atoms with Gasteiger partial charge in [0.1, 0.15) is 5.82 Å². The van der Waals surface area contributed by atoms with E-state index in [0.717, 1.165) is 28.8 Å². The number of anilines is 1. The molecule has 2 N–H and O–H groups in total. The Kier molecular flexibility index (Phi) is 4.62. The molecule has 1 saturated heterocycles. The van der Waals surface area contributed by atoms with Crippen molar-refractivity contribution in [3.63, 3.8) is 0 Å². The Labute approximate surface area is 172 Å². The van der Waals surface area contributed by atoms with E-state index in [1.807, 2.05) is 53.1 Å². The van der Waals surface area contributed by atoms with Gasteiger partial charge in [-0.2, -0.15) is 5.10 Å². The summed E-state index contributed by atoms with van der Waals surface area (Å²) in [7, 11) is 0. The minimum absolute atomic E-state index is 0.0812. The molecule has 0 saturated carbocycles. The Hall–Kier alpha value is -3.75. The van der Waals surface area contributed by atoms with Crippen LogP contribution in [0.1, 0.15) is 18.7 Å². The first-order valence-corrected chi connectivity index (χ1v) is 10.0. The number of nitrogens with one attached hydrogen (secondary N) is 2. The van der Waals surface area contributed by atoms with Crippen LogP contribution >= 0.6 is 0 Å². The number of rotatable bonds is 6. The summed E-state index contributed by atoms with van der Waals surface area (Å²) in [6, 6.07) is 13.4. The number of carbonyl (C=O) groups is 2. The van der Waals surface area contributed by atoms with Crippen LogP contribution in [0.4, 0.5) is 5.82 Å². The molecule has 9 nitrogen and oxygen atoms in total. The van der Waals surface area contributed by atoms with Gasteiger partial charge >= 0.3 is 0 Å². The Morgan fingerprint density at radius 3 is 2.97 bits per heavy atom. The summed E-state index contributed by atoms with van der Waals surface area (Å²) >= 11 is 0. The molecule has 0 radical (unpaired) electrons. The third-order valence-electron chi connectivity index (χ3n) is 5.46. The second kappa shape index (κ2) is 7.58. The van der Waals surface area contributed by atoms with Crippen molar-refractivity contribution in [2.75, 3.05) is 18.0 Å². The van der Waals surface area contributed by atoms with Gasteiger partial charge in [-0.3, -0.25) is 24.0 Å². The zero-order valence-corrected chi connectivity index (χ0v) is 16.3. The van der Waals surface area contributed by atoms with Crippen LogP contribution in [0.25, 0.3) is 16.6 Å². The van der Waals surface area contributed by atoms with Gasteiger partial charge in [0, 0.05) is 37.5 Å². The third kappa shape index (κ3) is 3.28. The zero-order chi connectivity index (χ0) is 20.5. The van der Waals surface area contributed by atoms with Crippen LogP contribution in [0.3, 0.4) is 0 Å². The van der Waals surface area contributed by atoms with Gasteiger partial charge < -0.3 is 5.32 Å². The molecule has 3 aromatic heterocycles. The summed E-state index contributed by atoms with van der Waals surface area (Å²) in [5.41, 5.74) is 1.68. The van der Waals surface area contributed by atoms with E-state index in [1.54, 1.807) is 4.90 Å². The summed E-state index contributed by atoms with van der Waals surface area (Å²) in [6.45, 7) is 0.866. The minimum atomic E-state index is -0.373. The topological polar surface area (TPSA) is 108 Å². The fraction of sp³-hybridized carbons (Fsp3) is 0.286. The second-order valence-corrected chi connectivity index (χ2v) is 7.44. The number of carbonyl (C=O) groups excluding carboxylic acids is 2. The largest absolute Gasteiger partial charge is 0.356 e. The highest BCUT2D eigenvalue weighted by atomic mass is 16.2. The molecule has 1 aliphatic rings. The lowest BCUT2D eigenvalue weighted by atomic mass is 10.1. The Balaban J connectivity index is 1.17. The lowest BCUT2D eigenvalue weighted by Crippen LogP contribution is -2.33. The molecule has 4 heterocycles. The molecule has 152 valence electrons. The van der Waals surface area contributed by atoms with Gasteiger partial charge in [-0.1, -0.05) is 18.2 Å². The normalized spacial score (nSPS) is 16.6. The number of benzene rings is 1. The van der Waals surface area contributed by atoms with Crippen molar-refractivity contribution in [3.05, 3.63) is 54.5 Å². The number of nitrogens with zero attached hydrogens (tertiary/aromatic N) is 5. The highest BCUT2D eigenvalue weighted by molar-refractivity contribution is 6.05. The van der Waals surface area contributed by atoms with Crippen molar-refractivity contribution in [1.29, 1.82) is 0 Å². The number of H-pyrrole nitrogens is 1. The molecular formula is C21H21N7O2. The monoisotopic (exact) mass is 403 g/mol. The molecule has 0 aliphatic carbocycles. The van der Waals surface area contributed by atoms with Gasteiger partial charge in [0.25, 0.3) is 0 Å². The van der Waals surface area contributed by atoms with Gasteiger partial charge in [-0.15, -0.1) is 10.2 Å². The van der Waals surface area contributed by atoms with Crippen LogP contribution in [0.2, 0.25) is 0 Å². The van der Waals surface area contributed by atoms with E-state index in [4.69, 9.17) is 0 Å². The van der Waals surface area contributed by atoms with E-state index in [9.17, 15) is 9.59 Å². The first-order valence-electron chi connectivity index (χ1n) is 10.0. The van der Waals surface area contributed by atoms with Gasteiger partial charge in [-0.05, 0) is 30.7 Å². The minimum Gasteiger partial charge on any atom is -0.356 e. The molecule has 5 rings (SSSR count). The number of pyridine rings is 1. The number of aryl methyl sites for hydroxylation is 1. The van der Waals surface area contributed by atoms with Crippen molar-refractivity contribution < 1.29 is 9.59 Å². The fourth-order valence-electron chi connectivity index (χ4n) is 3.91. The van der Waals surface area contributed by atoms with E-state index >= 15 is 0 Å². The van der Waals surface area contributed by atoms with Gasteiger partial charge in [0.15, 0.2) is 11.5 Å². The lowest BCUT2D eigenvalue weighted by Gasteiger charge is -2.14. The maximum atomic E-state index is 12.6. The lowest BCUT2D eigenvalue weighted by molar-refractivity contribution is -0.126. The summed E-state index contributed by atoms with van der Waals surface area (Å²) in [5, 5.41) is 19.4. The number of fused-ring (bicyclic) bond motifs is 2. The molecule has 1 aromatic carbocycles. The number of para-hydroxylation sites is 1. The molecule has 30 heavy (non-hydrogen) atoms. The average Bonchev–Trinajstić information content (AvgIpc) is 3.47. The Bertz CT molecular complexity index is 1230. The first-order chi connectivity index (χ1) is 14.7. The van der Waals surface area contributed by atoms with E-state index in [0.29, 0.717) is 25.3 Å². The van der Waals surface area contributed by atoms with Gasteiger partial charge in [-0.25, -0.2) is 0 Å². The first kappa shape index (κ1) is 18.3. The van der Waals surface area contributed by atoms with E-state index < -0.39 is 0 Å². The van der Waals surface area contributed by atoms with E-state index in [-0.39, 0.29) is 24.2 Å². The standard InChI is InChI=1S/C21H21N7O2/c29-19-12-14(13-28(19)20-15-6-1-2-7-16(15)23-26-20)21(30)22-10-5-9-18-25-24-17-8-3-4-11-27(17)18/h1-4,6-8,11,14H,5,9-10,12-13H2,(H,22,30)(H,23,26)/t14-/m0/s1. The number of amides is 2. The molecule has 9 heteroatoms. The van der Waals surface area contributed by atoms with Crippen LogP contribution < -0.4 is 10.2 Å². The predicted octanol–water partition coefficient (Wildman–Crippen LogP) is 1.71. The summed E-state index contributed by atoms with van der Waals surface area (Å²) in [6.07, 6.45) is 3.58. The highest BCUT2D eigenvalue weighted by Crippen LogP contribution is 2.29. The predicted molar refractivity (Wildman–Crippen MR) is 111 cm³/mol. The number of hydrogen-bond acceptors (Lipinski definition) is 5. The third-order valence-corrected chi connectivity index (χ3v) is 5.46. The molecule has 0 unspecified atom stereocenters. The van der Waals surface area contributed by atoms with Gasteiger partial charge in [0.2, 0.25) is 11.8 Å². The maximum Gasteiger partial charge on any atom is 0.229 e. The van der Waals surface area contributed by atoms with Crippen molar-refractivity contribution in [3.8, 4) is 0 Å². The molecule has 0 bridgehead atoms. The fourth-order valence-corrected chi connectivity index (χ4v) is 3.91. The van der Waals surface area contributed by atoms with Crippen molar-refractivity contribution in [1.82, 2.24) is 30.1 Å². The highest BCUT2D eigenvalue weighted by Gasteiger charge is 2.36. The number of aromatic amines is 1. The van der Waals surface area contributed by atoms with Crippen LogP contribution in [0.5, 0.6) is 0 Å². The summed E-state index contributed by atoms with van der Waals surface area (Å²) in [5.74, 6) is 0.901. The van der Waals surface area contributed by atoms with E-state index in [2.05, 4.69) is 25.7 Å². The smallest absolute Gasteiger partial charge is 0.229 e. The number of aromatic nitrogens is 5. The molecule has 2 amide bonds. The zero-order valence-electron chi connectivity index (χ0n) is 16.3. The quantitative estimate of drug-likeness (QED) is 0.477. The number of hydrogen-bond donors (Lipinski definition) is 2. The van der Waals surface area contributed by atoms with Crippen molar-refractivity contribution in [2.24, 2.45) is 5.92 Å². The van der Waals surface area contributed by atoms with Crippen LogP contribution in [0.15, 0.2) is 48.7 Å². The van der Waals surface area contributed by atoms with Crippen LogP contribution in [0, 0.1) is 5.92 Å². The van der Waals surface area contributed by atoms with Crippen LogP contribution in [-0.2, 0) is 16.0 Å². The molecular weight excluding hydrogens is 382 g/mol. The Morgan fingerprint density at radius 1 is 1.17 bits per heavy atom. The molecule has 1 fully saturated rings. The molecule has 4 aromatic rings. The van der Waals surface area contributed by atoms with Crippen LogP contribution in [-0.4, -0.2) is 49.7 Å². The van der Waals surface area contributed by atoms with Crippen molar-refractivity contribution in [2.45, 2.75) is 19.3 Å². The average molecular weight is 403 g/mol. The summed E-state index contributed by atoms with van der Waals surface area (Å²) < 4.78 is 1.95. The maximum absolute atomic E-state index is 12.6. The van der Waals surface area contributed by atoms with Crippen molar-refractivity contribution >= 4 is 34.2 Å². The molecule has 1 aliphatic heterocycles. The summed E-state index contributed by atoms with van der Waals surface area (Å²) in [4.78, 5) is 26.7. The van der Waals surface area contributed by atoms with E-state index in [1.165, 1.54) is 0 Å². The SMILES string of the molecule is O=C(NCCCc1nnc2ccccn12)[C@H]1CC(=O)N(c2n[nH]c3ccccc23)C1. The molecule has 0 spiro atoms.